The first-order chi connectivity index (χ1) is 13.5. The summed E-state index contributed by atoms with van der Waals surface area (Å²) in [6, 6.07) is 13.4. The summed E-state index contributed by atoms with van der Waals surface area (Å²) in [7, 11) is 0. The fourth-order valence-corrected chi connectivity index (χ4v) is 2.75. The van der Waals surface area contributed by atoms with Crippen LogP contribution in [0.15, 0.2) is 59.1 Å². The van der Waals surface area contributed by atoms with Crippen LogP contribution in [-0.2, 0) is 22.7 Å². The largest absolute Gasteiger partial charge is 0.455 e. The third kappa shape index (κ3) is 5.65. The molecule has 0 bridgehead atoms. The van der Waals surface area contributed by atoms with Crippen LogP contribution in [0.5, 0.6) is 0 Å². The summed E-state index contributed by atoms with van der Waals surface area (Å²) in [6.45, 7) is 3.40. The lowest BCUT2D eigenvalue weighted by molar-refractivity contribution is -0.147. The maximum absolute atomic E-state index is 13.0. The number of rotatable bonds is 8. The summed E-state index contributed by atoms with van der Waals surface area (Å²) in [5.41, 5.74) is 1.77. The highest BCUT2D eigenvalue weighted by Crippen LogP contribution is 2.21. The van der Waals surface area contributed by atoms with Crippen molar-refractivity contribution in [3.8, 4) is 11.3 Å². The number of halogens is 2. The van der Waals surface area contributed by atoms with Gasteiger partial charge in [-0.2, -0.15) is 0 Å². The van der Waals surface area contributed by atoms with E-state index < -0.39 is 0 Å². The van der Waals surface area contributed by atoms with Crippen LogP contribution in [0, 0.1) is 5.82 Å². The zero-order valence-corrected chi connectivity index (χ0v) is 16.2. The number of ether oxygens (including phenoxy) is 1. The predicted octanol–water partition coefficient (Wildman–Crippen LogP) is 4.70. The molecule has 28 heavy (non-hydrogen) atoms. The zero-order chi connectivity index (χ0) is 19.9. The minimum Gasteiger partial charge on any atom is -0.455 e. The van der Waals surface area contributed by atoms with Gasteiger partial charge in [-0.3, -0.25) is 9.69 Å². The first kappa shape index (κ1) is 20.0. The Balaban J connectivity index is 1.50. The SMILES string of the molecule is CCN(CC(=O)OCc1ncc(-c2ccc(F)cc2)o1)Cc1ccc(Cl)cc1. The van der Waals surface area contributed by atoms with Crippen LogP contribution in [0.4, 0.5) is 4.39 Å². The van der Waals surface area contributed by atoms with Crippen LogP contribution in [0.2, 0.25) is 5.02 Å². The van der Waals surface area contributed by atoms with Gasteiger partial charge in [0.05, 0.1) is 12.7 Å². The van der Waals surface area contributed by atoms with Gasteiger partial charge < -0.3 is 9.15 Å². The molecule has 3 rings (SSSR count). The molecule has 0 N–H and O–H groups in total. The first-order valence-electron chi connectivity index (χ1n) is 8.86. The van der Waals surface area contributed by atoms with Gasteiger partial charge >= 0.3 is 5.97 Å². The van der Waals surface area contributed by atoms with Crippen molar-refractivity contribution in [3.63, 3.8) is 0 Å². The van der Waals surface area contributed by atoms with E-state index in [1.54, 1.807) is 12.1 Å². The number of esters is 1. The highest BCUT2D eigenvalue weighted by atomic mass is 35.5. The van der Waals surface area contributed by atoms with Gasteiger partial charge in [-0.25, -0.2) is 9.37 Å². The highest BCUT2D eigenvalue weighted by molar-refractivity contribution is 6.30. The molecule has 0 spiro atoms. The molecule has 0 aliphatic rings. The second-order valence-electron chi connectivity index (χ2n) is 6.22. The van der Waals surface area contributed by atoms with Crippen molar-refractivity contribution in [2.45, 2.75) is 20.1 Å². The number of likely N-dealkylation sites (N-methyl/N-ethyl adjacent to an activating group) is 1. The van der Waals surface area contributed by atoms with Crippen LogP contribution < -0.4 is 0 Å². The summed E-state index contributed by atoms with van der Waals surface area (Å²) < 4.78 is 23.8. The average molecular weight is 403 g/mol. The smallest absolute Gasteiger partial charge is 0.320 e. The predicted molar refractivity (Wildman–Crippen MR) is 104 cm³/mol. The molecule has 0 atom stereocenters. The Hall–Kier alpha value is -2.70. The summed E-state index contributed by atoms with van der Waals surface area (Å²) in [4.78, 5) is 18.2. The van der Waals surface area contributed by atoms with Gasteiger partial charge in [-0.15, -0.1) is 0 Å². The lowest BCUT2D eigenvalue weighted by Gasteiger charge is -2.19. The fraction of sp³-hybridized carbons (Fsp3) is 0.238. The number of hydrogen-bond donors (Lipinski definition) is 0. The van der Waals surface area contributed by atoms with Crippen LogP contribution in [0.1, 0.15) is 18.4 Å². The number of hydrogen-bond acceptors (Lipinski definition) is 5. The van der Waals surface area contributed by atoms with Crippen molar-refractivity contribution < 1.29 is 18.3 Å². The van der Waals surface area contributed by atoms with Crippen molar-refractivity contribution in [3.05, 3.63) is 77.0 Å². The van der Waals surface area contributed by atoms with Gasteiger partial charge in [0, 0.05) is 17.1 Å². The molecule has 0 unspecified atom stereocenters. The third-order valence-corrected chi connectivity index (χ3v) is 4.41. The van der Waals surface area contributed by atoms with Gasteiger partial charge in [-0.05, 0) is 48.5 Å². The second kappa shape index (κ2) is 9.48. The summed E-state index contributed by atoms with van der Waals surface area (Å²) >= 11 is 5.89. The molecule has 146 valence electrons. The quantitative estimate of drug-likeness (QED) is 0.511. The average Bonchev–Trinajstić information content (AvgIpc) is 3.17. The van der Waals surface area contributed by atoms with Gasteiger partial charge in [0.25, 0.3) is 0 Å². The number of oxazole rings is 1. The molecular formula is C21H20ClFN2O3. The second-order valence-corrected chi connectivity index (χ2v) is 6.65. The molecule has 1 heterocycles. The van der Waals surface area contributed by atoms with E-state index in [1.807, 2.05) is 36.1 Å². The third-order valence-electron chi connectivity index (χ3n) is 4.16. The van der Waals surface area contributed by atoms with Crippen molar-refractivity contribution in [1.82, 2.24) is 9.88 Å². The van der Waals surface area contributed by atoms with Crippen molar-refractivity contribution >= 4 is 17.6 Å². The molecule has 0 saturated carbocycles. The summed E-state index contributed by atoms with van der Waals surface area (Å²) in [5, 5.41) is 0.678. The topological polar surface area (TPSA) is 55.6 Å². The molecule has 0 aliphatic carbocycles. The number of nitrogens with zero attached hydrogens (tertiary/aromatic N) is 2. The maximum atomic E-state index is 13.0. The minimum atomic E-state index is -0.364. The van der Waals surface area contributed by atoms with E-state index in [-0.39, 0.29) is 30.8 Å². The molecule has 5 nitrogen and oxygen atoms in total. The zero-order valence-electron chi connectivity index (χ0n) is 15.4. The van der Waals surface area contributed by atoms with Crippen molar-refractivity contribution in [2.24, 2.45) is 0 Å². The van der Waals surface area contributed by atoms with Gasteiger partial charge in [0.15, 0.2) is 12.4 Å². The van der Waals surface area contributed by atoms with E-state index in [9.17, 15) is 9.18 Å². The molecule has 0 saturated heterocycles. The van der Waals surface area contributed by atoms with Crippen LogP contribution >= 0.6 is 11.6 Å². The Morgan fingerprint density at radius 3 is 2.57 bits per heavy atom. The summed E-state index contributed by atoms with van der Waals surface area (Å²) in [5.74, 6) is 0.0891. The Bertz CT molecular complexity index is 910. The Morgan fingerprint density at radius 2 is 1.89 bits per heavy atom. The number of carbonyl (C=O) groups is 1. The normalized spacial score (nSPS) is 11.0. The standard InChI is InChI=1S/C21H20ClFN2O3/c1-2-25(12-15-3-7-17(22)8-4-15)13-21(26)27-14-20-24-11-19(28-20)16-5-9-18(23)10-6-16/h3-11H,2,12-14H2,1H3. The Labute approximate surface area is 167 Å². The molecule has 0 radical (unpaired) electrons. The van der Waals surface area contributed by atoms with E-state index in [4.69, 9.17) is 20.8 Å². The molecule has 2 aromatic carbocycles. The highest BCUT2D eigenvalue weighted by Gasteiger charge is 2.13. The molecule has 0 aliphatic heterocycles. The molecular weight excluding hydrogens is 383 g/mol. The van der Waals surface area contributed by atoms with Crippen LogP contribution in [0.3, 0.4) is 0 Å². The van der Waals surface area contributed by atoms with Gasteiger partial charge in [0.1, 0.15) is 5.82 Å². The molecule has 0 fully saturated rings. The van der Waals surface area contributed by atoms with Crippen LogP contribution in [-0.4, -0.2) is 28.9 Å². The van der Waals surface area contributed by atoms with E-state index in [1.165, 1.54) is 18.3 Å². The van der Waals surface area contributed by atoms with E-state index in [0.29, 0.717) is 29.4 Å². The minimum absolute atomic E-state index is 0.0570. The lowest BCUT2D eigenvalue weighted by Crippen LogP contribution is -2.30. The molecule has 0 amide bonds. The molecule has 7 heteroatoms. The Kier molecular flexibility index (Phi) is 6.79. The number of carbonyl (C=O) groups excluding carboxylic acids is 1. The van der Waals surface area contributed by atoms with Gasteiger partial charge in [0.2, 0.25) is 5.89 Å². The lowest BCUT2D eigenvalue weighted by atomic mass is 10.2. The summed E-state index contributed by atoms with van der Waals surface area (Å²) in [6.07, 6.45) is 1.52. The van der Waals surface area contributed by atoms with Crippen molar-refractivity contribution in [2.75, 3.05) is 13.1 Å². The monoisotopic (exact) mass is 402 g/mol. The molecule has 1 aromatic heterocycles. The fourth-order valence-electron chi connectivity index (χ4n) is 2.62. The first-order valence-corrected chi connectivity index (χ1v) is 9.24. The number of aromatic nitrogens is 1. The van der Waals surface area contributed by atoms with Crippen molar-refractivity contribution in [1.29, 1.82) is 0 Å². The maximum Gasteiger partial charge on any atom is 0.320 e. The van der Waals surface area contributed by atoms with E-state index >= 15 is 0 Å². The number of benzene rings is 2. The molecule has 3 aromatic rings. The van der Waals surface area contributed by atoms with Gasteiger partial charge in [-0.1, -0.05) is 30.7 Å². The van der Waals surface area contributed by atoms with E-state index in [2.05, 4.69) is 4.98 Å². The van der Waals surface area contributed by atoms with E-state index in [0.717, 1.165) is 5.56 Å². The Morgan fingerprint density at radius 1 is 1.18 bits per heavy atom. The van der Waals surface area contributed by atoms with Crippen LogP contribution in [0.25, 0.3) is 11.3 Å².